The van der Waals surface area contributed by atoms with Crippen molar-refractivity contribution in [3.63, 3.8) is 0 Å². The van der Waals surface area contributed by atoms with Crippen LogP contribution in [-0.4, -0.2) is 47.1 Å². The van der Waals surface area contributed by atoms with Crippen molar-refractivity contribution >= 4 is 17.5 Å². The van der Waals surface area contributed by atoms with E-state index in [1.165, 1.54) is 11.0 Å². The van der Waals surface area contributed by atoms with Crippen LogP contribution in [0.15, 0.2) is 24.8 Å². The minimum Gasteiger partial charge on any atom is -0.352 e. The number of nitrogens with zero attached hydrogens (tertiary/aromatic N) is 6. The Kier molecular flexibility index (Phi) is 5.85. The van der Waals surface area contributed by atoms with E-state index >= 15 is 0 Å². The maximum absolute atomic E-state index is 12.9. The highest BCUT2D eigenvalue weighted by molar-refractivity contribution is 5.90. The SMILES string of the molecule is CC(C)n1ncnc1C(=O)NCc1cn2ncc(CNC(=O)CC3CC(F)(F)C3)cc2n1. The second-order valence-electron chi connectivity index (χ2n) is 8.31. The number of hydrogen-bond acceptors (Lipinski definition) is 6. The molecule has 0 radical (unpaired) electrons. The van der Waals surface area contributed by atoms with Crippen LogP contribution in [0.2, 0.25) is 0 Å². The van der Waals surface area contributed by atoms with Crippen molar-refractivity contribution in [2.75, 3.05) is 0 Å². The van der Waals surface area contributed by atoms with Crippen LogP contribution in [0.3, 0.4) is 0 Å². The highest BCUT2D eigenvalue weighted by Crippen LogP contribution is 2.43. The highest BCUT2D eigenvalue weighted by atomic mass is 19.3. The van der Waals surface area contributed by atoms with Crippen LogP contribution in [-0.2, 0) is 17.9 Å². The van der Waals surface area contributed by atoms with E-state index in [9.17, 15) is 18.4 Å². The number of hydrogen-bond donors (Lipinski definition) is 2. The second kappa shape index (κ2) is 8.60. The Balaban J connectivity index is 1.31. The molecule has 170 valence electrons. The minimum absolute atomic E-state index is 0.00576. The molecule has 10 nitrogen and oxygen atoms in total. The number of amides is 2. The Morgan fingerprint density at radius 1 is 1.22 bits per heavy atom. The van der Waals surface area contributed by atoms with Crippen LogP contribution in [0.25, 0.3) is 5.65 Å². The van der Waals surface area contributed by atoms with E-state index < -0.39 is 5.92 Å². The van der Waals surface area contributed by atoms with Gasteiger partial charge in [0.1, 0.15) is 6.33 Å². The number of rotatable bonds is 8. The van der Waals surface area contributed by atoms with Crippen LogP contribution in [0.5, 0.6) is 0 Å². The summed E-state index contributed by atoms with van der Waals surface area (Å²) >= 11 is 0. The third-order valence-corrected chi connectivity index (χ3v) is 5.26. The fourth-order valence-electron chi connectivity index (χ4n) is 3.65. The smallest absolute Gasteiger partial charge is 0.289 e. The number of carbonyl (C=O) groups excluding carboxylic acids is 2. The third kappa shape index (κ3) is 4.89. The molecule has 2 N–H and O–H groups in total. The lowest BCUT2D eigenvalue weighted by Crippen LogP contribution is -2.38. The average molecular weight is 446 g/mol. The topological polar surface area (TPSA) is 119 Å². The first-order valence-electron chi connectivity index (χ1n) is 10.4. The summed E-state index contributed by atoms with van der Waals surface area (Å²) in [6.07, 6.45) is 4.28. The molecule has 0 aliphatic heterocycles. The van der Waals surface area contributed by atoms with Gasteiger partial charge in [-0.15, -0.1) is 0 Å². The quantitative estimate of drug-likeness (QED) is 0.545. The van der Waals surface area contributed by atoms with Crippen molar-refractivity contribution in [2.45, 2.75) is 58.2 Å². The van der Waals surface area contributed by atoms with Gasteiger partial charge < -0.3 is 10.6 Å². The normalized spacial score (nSPS) is 15.7. The molecule has 1 aliphatic rings. The van der Waals surface area contributed by atoms with E-state index in [2.05, 4.69) is 30.8 Å². The molecule has 3 aromatic rings. The molecule has 3 heterocycles. The Hall–Kier alpha value is -3.44. The number of halogens is 2. The van der Waals surface area contributed by atoms with Crippen molar-refractivity contribution < 1.29 is 18.4 Å². The van der Waals surface area contributed by atoms with Crippen LogP contribution in [0, 0.1) is 5.92 Å². The molecule has 0 unspecified atom stereocenters. The Bertz CT molecular complexity index is 1130. The monoisotopic (exact) mass is 446 g/mol. The van der Waals surface area contributed by atoms with Crippen molar-refractivity contribution in [1.29, 1.82) is 0 Å². The molecule has 0 bridgehead atoms. The number of fused-ring (bicyclic) bond motifs is 1. The molecule has 0 atom stereocenters. The fraction of sp³-hybridized carbons (Fsp3) is 0.500. The third-order valence-electron chi connectivity index (χ3n) is 5.26. The number of imidazole rings is 1. The van der Waals surface area contributed by atoms with Gasteiger partial charge in [-0.1, -0.05) is 0 Å². The van der Waals surface area contributed by atoms with Crippen molar-refractivity contribution in [1.82, 2.24) is 40.0 Å². The van der Waals surface area contributed by atoms with Gasteiger partial charge in [-0.25, -0.2) is 27.9 Å². The summed E-state index contributed by atoms with van der Waals surface area (Å²) in [5.74, 6) is -3.26. The second-order valence-corrected chi connectivity index (χ2v) is 8.31. The van der Waals surface area contributed by atoms with E-state index in [4.69, 9.17) is 0 Å². The van der Waals surface area contributed by atoms with Gasteiger partial charge in [0.05, 0.1) is 24.6 Å². The Labute approximate surface area is 182 Å². The molecule has 1 saturated carbocycles. The largest absolute Gasteiger partial charge is 0.352 e. The molecular weight excluding hydrogens is 422 g/mol. The maximum atomic E-state index is 12.9. The molecule has 2 amide bonds. The number of aromatic nitrogens is 6. The molecule has 1 aliphatic carbocycles. The van der Waals surface area contributed by atoms with Gasteiger partial charge in [0.25, 0.3) is 5.91 Å². The number of carbonyl (C=O) groups is 2. The van der Waals surface area contributed by atoms with Crippen molar-refractivity contribution in [3.8, 4) is 0 Å². The first kappa shape index (κ1) is 21.8. The van der Waals surface area contributed by atoms with Gasteiger partial charge in [-0.2, -0.15) is 10.2 Å². The summed E-state index contributed by atoms with van der Waals surface area (Å²) < 4.78 is 28.9. The molecular formula is C20H24F2N8O2. The molecule has 1 fully saturated rings. The minimum atomic E-state index is -2.62. The predicted octanol–water partition coefficient (Wildman–Crippen LogP) is 1.88. The molecule has 0 aromatic carbocycles. The number of alkyl halides is 2. The van der Waals surface area contributed by atoms with Crippen LogP contribution < -0.4 is 10.6 Å². The van der Waals surface area contributed by atoms with Gasteiger partial charge in [-0.05, 0) is 31.4 Å². The summed E-state index contributed by atoms with van der Waals surface area (Å²) in [6.45, 7) is 4.23. The van der Waals surface area contributed by atoms with E-state index in [0.29, 0.717) is 11.3 Å². The van der Waals surface area contributed by atoms with Crippen LogP contribution in [0.1, 0.15) is 61.0 Å². The van der Waals surface area contributed by atoms with E-state index in [1.807, 2.05) is 13.8 Å². The van der Waals surface area contributed by atoms with Crippen molar-refractivity contribution in [2.24, 2.45) is 5.92 Å². The van der Waals surface area contributed by atoms with E-state index in [1.54, 1.807) is 23.0 Å². The van der Waals surface area contributed by atoms with Gasteiger partial charge in [0, 0.05) is 31.8 Å². The van der Waals surface area contributed by atoms with Gasteiger partial charge in [0.15, 0.2) is 5.65 Å². The van der Waals surface area contributed by atoms with Gasteiger partial charge in [-0.3, -0.25) is 9.59 Å². The molecule has 32 heavy (non-hydrogen) atoms. The molecule has 0 saturated heterocycles. The average Bonchev–Trinajstić information content (AvgIpc) is 3.35. The van der Waals surface area contributed by atoms with E-state index in [0.717, 1.165) is 5.56 Å². The summed E-state index contributed by atoms with van der Waals surface area (Å²) in [6, 6.07) is 1.78. The highest BCUT2D eigenvalue weighted by Gasteiger charge is 2.45. The van der Waals surface area contributed by atoms with Gasteiger partial charge in [0.2, 0.25) is 17.7 Å². The van der Waals surface area contributed by atoms with Crippen molar-refractivity contribution in [3.05, 3.63) is 41.9 Å². The zero-order valence-electron chi connectivity index (χ0n) is 17.8. The Morgan fingerprint density at radius 3 is 2.72 bits per heavy atom. The molecule has 4 rings (SSSR count). The number of nitrogens with one attached hydrogen (secondary N) is 2. The van der Waals surface area contributed by atoms with E-state index in [-0.39, 0.29) is 62.0 Å². The van der Waals surface area contributed by atoms with Gasteiger partial charge >= 0.3 is 0 Å². The Morgan fingerprint density at radius 2 is 2.00 bits per heavy atom. The zero-order valence-corrected chi connectivity index (χ0v) is 17.8. The lowest BCUT2D eigenvalue weighted by Gasteiger charge is -2.34. The lowest BCUT2D eigenvalue weighted by atomic mass is 9.79. The molecule has 0 spiro atoms. The first-order valence-corrected chi connectivity index (χ1v) is 10.4. The summed E-state index contributed by atoms with van der Waals surface area (Å²) in [7, 11) is 0. The first-order chi connectivity index (χ1) is 15.2. The summed E-state index contributed by atoms with van der Waals surface area (Å²) in [4.78, 5) is 32.8. The molecule has 12 heteroatoms. The zero-order chi connectivity index (χ0) is 22.9. The standard InChI is InChI=1S/C20H24F2N8O2/c1-12(2)30-18(25-11-27-30)19(32)24-9-15-10-29-16(28-15)3-14(8-26-29)7-23-17(31)4-13-5-20(21,22)6-13/h3,8,10-13H,4-7,9H2,1-2H3,(H,23,31)(H,24,32). The van der Waals surface area contributed by atoms with Crippen LogP contribution in [0.4, 0.5) is 8.78 Å². The van der Waals surface area contributed by atoms with Crippen LogP contribution >= 0.6 is 0 Å². The summed E-state index contributed by atoms with van der Waals surface area (Å²) in [5.41, 5.74) is 1.90. The lowest BCUT2D eigenvalue weighted by molar-refractivity contribution is -0.133. The summed E-state index contributed by atoms with van der Waals surface area (Å²) in [5, 5.41) is 13.8. The fourth-order valence-corrected chi connectivity index (χ4v) is 3.65. The predicted molar refractivity (Wildman–Crippen MR) is 109 cm³/mol. The maximum Gasteiger partial charge on any atom is 0.289 e. The molecule has 3 aromatic heterocycles.